The third-order valence-corrected chi connectivity index (χ3v) is 6.64. The minimum Gasteiger partial charge on any atom is -0.497 e. The Morgan fingerprint density at radius 1 is 0.970 bits per heavy atom. The minimum atomic E-state index is -3.86. The number of nitrogens with zero attached hydrogens (tertiary/aromatic N) is 1. The van der Waals surface area contributed by atoms with Crippen LogP contribution in [0.1, 0.15) is 23.2 Å². The van der Waals surface area contributed by atoms with Crippen molar-refractivity contribution < 1.29 is 22.7 Å². The molecule has 0 bridgehead atoms. The maximum absolute atomic E-state index is 12.8. The van der Waals surface area contributed by atoms with E-state index < -0.39 is 10.0 Å². The Morgan fingerprint density at radius 2 is 1.70 bits per heavy atom. The van der Waals surface area contributed by atoms with Crippen LogP contribution in [-0.2, 0) is 14.8 Å². The van der Waals surface area contributed by atoms with Gasteiger partial charge in [0, 0.05) is 35.6 Å². The van der Waals surface area contributed by atoms with Crippen LogP contribution in [-0.4, -0.2) is 33.9 Å². The second kappa shape index (κ2) is 9.33. The van der Waals surface area contributed by atoms with Crippen molar-refractivity contribution in [1.29, 1.82) is 0 Å². The van der Waals surface area contributed by atoms with E-state index in [4.69, 9.17) is 4.74 Å². The Morgan fingerprint density at radius 3 is 2.33 bits per heavy atom. The second-order valence-electron chi connectivity index (χ2n) is 7.51. The zero-order chi connectivity index (χ0) is 23.4. The van der Waals surface area contributed by atoms with Gasteiger partial charge in [-0.3, -0.25) is 14.3 Å². The highest BCUT2D eigenvalue weighted by atomic mass is 32.2. The average Bonchev–Trinajstić information content (AvgIpc) is 3.25. The lowest BCUT2D eigenvalue weighted by Crippen LogP contribution is -2.23. The van der Waals surface area contributed by atoms with Crippen molar-refractivity contribution >= 4 is 38.9 Å². The van der Waals surface area contributed by atoms with Crippen LogP contribution in [0.25, 0.3) is 0 Å². The van der Waals surface area contributed by atoms with Crippen LogP contribution in [0, 0.1) is 0 Å². The number of carbonyl (C=O) groups excluding carboxylic acids is 2. The number of anilines is 3. The lowest BCUT2D eigenvalue weighted by molar-refractivity contribution is -0.117. The number of benzene rings is 3. The molecule has 8 nitrogen and oxygen atoms in total. The summed E-state index contributed by atoms with van der Waals surface area (Å²) in [5.41, 5.74) is 1.89. The standard InChI is InChI=1S/C24H23N3O5S/c1-32-21-13-9-18(10-14-21)26-33(30,31)22-5-2-4-19(16-22)25-24(29)17-7-11-20(12-8-17)27-15-3-6-23(27)28/h2,4-5,7-14,16,26H,3,6,15H2,1H3,(H,25,29). The van der Waals surface area contributed by atoms with Crippen LogP contribution in [0.3, 0.4) is 0 Å². The molecule has 4 rings (SSSR count). The number of carbonyl (C=O) groups is 2. The zero-order valence-electron chi connectivity index (χ0n) is 17.9. The molecular formula is C24H23N3O5S. The molecule has 170 valence electrons. The summed E-state index contributed by atoms with van der Waals surface area (Å²) < 4.78 is 33.1. The molecule has 0 unspecified atom stereocenters. The van der Waals surface area contributed by atoms with E-state index in [9.17, 15) is 18.0 Å². The van der Waals surface area contributed by atoms with Crippen molar-refractivity contribution in [2.45, 2.75) is 17.7 Å². The number of ether oxygens (including phenoxy) is 1. The van der Waals surface area contributed by atoms with E-state index in [0.717, 1.165) is 12.1 Å². The summed E-state index contributed by atoms with van der Waals surface area (Å²) in [6, 6.07) is 19.3. The van der Waals surface area contributed by atoms with Gasteiger partial charge >= 0.3 is 0 Å². The van der Waals surface area contributed by atoms with E-state index in [1.54, 1.807) is 65.6 Å². The fourth-order valence-electron chi connectivity index (χ4n) is 3.53. The van der Waals surface area contributed by atoms with Gasteiger partial charge in [0.25, 0.3) is 15.9 Å². The van der Waals surface area contributed by atoms with Crippen molar-refractivity contribution in [3.63, 3.8) is 0 Å². The molecule has 33 heavy (non-hydrogen) atoms. The molecule has 2 N–H and O–H groups in total. The highest BCUT2D eigenvalue weighted by Gasteiger charge is 2.22. The molecule has 9 heteroatoms. The summed E-state index contributed by atoms with van der Waals surface area (Å²) in [6.45, 7) is 0.677. The molecule has 0 atom stereocenters. The van der Waals surface area contributed by atoms with Gasteiger partial charge in [-0.2, -0.15) is 0 Å². The summed E-state index contributed by atoms with van der Waals surface area (Å²) in [4.78, 5) is 26.2. The van der Waals surface area contributed by atoms with Gasteiger partial charge in [-0.15, -0.1) is 0 Å². The van der Waals surface area contributed by atoms with Gasteiger partial charge in [-0.05, 0) is 73.2 Å². The Balaban J connectivity index is 1.45. The van der Waals surface area contributed by atoms with Crippen LogP contribution in [0.4, 0.5) is 17.1 Å². The lowest BCUT2D eigenvalue weighted by atomic mass is 10.1. The van der Waals surface area contributed by atoms with Crippen LogP contribution >= 0.6 is 0 Å². The molecule has 1 fully saturated rings. The molecule has 0 saturated carbocycles. The summed E-state index contributed by atoms with van der Waals surface area (Å²) in [5.74, 6) is 0.308. The molecule has 1 saturated heterocycles. The molecule has 1 heterocycles. The van der Waals surface area contributed by atoms with Crippen molar-refractivity contribution in [3.05, 3.63) is 78.4 Å². The first-order valence-electron chi connectivity index (χ1n) is 10.3. The molecule has 0 aliphatic carbocycles. The SMILES string of the molecule is COc1ccc(NS(=O)(=O)c2cccc(NC(=O)c3ccc(N4CCCC4=O)cc3)c2)cc1. The molecule has 3 aromatic rings. The van der Waals surface area contributed by atoms with E-state index in [1.807, 2.05) is 0 Å². The monoisotopic (exact) mass is 465 g/mol. The normalized spacial score (nSPS) is 13.6. The molecule has 0 radical (unpaired) electrons. The fourth-order valence-corrected chi connectivity index (χ4v) is 4.64. The van der Waals surface area contributed by atoms with Gasteiger partial charge in [0.2, 0.25) is 5.91 Å². The first-order valence-corrected chi connectivity index (χ1v) is 11.8. The molecule has 1 aliphatic rings. The van der Waals surface area contributed by atoms with Crippen LogP contribution < -0.4 is 19.7 Å². The maximum atomic E-state index is 12.8. The van der Waals surface area contributed by atoms with E-state index in [1.165, 1.54) is 19.2 Å². The number of sulfonamides is 1. The smallest absolute Gasteiger partial charge is 0.261 e. The molecule has 1 aliphatic heterocycles. The first kappa shape index (κ1) is 22.3. The molecule has 0 aromatic heterocycles. The number of hydrogen-bond donors (Lipinski definition) is 2. The number of nitrogens with one attached hydrogen (secondary N) is 2. The Kier molecular flexibility index (Phi) is 6.32. The van der Waals surface area contributed by atoms with Crippen LogP contribution in [0.5, 0.6) is 5.75 Å². The number of methoxy groups -OCH3 is 1. The zero-order valence-corrected chi connectivity index (χ0v) is 18.8. The van der Waals surface area contributed by atoms with Gasteiger partial charge in [-0.25, -0.2) is 8.42 Å². The third-order valence-electron chi connectivity index (χ3n) is 5.26. The molecule has 2 amide bonds. The molecule has 3 aromatic carbocycles. The van der Waals surface area contributed by atoms with Gasteiger partial charge in [0.15, 0.2) is 0 Å². The van der Waals surface area contributed by atoms with E-state index in [0.29, 0.717) is 35.7 Å². The highest BCUT2D eigenvalue weighted by molar-refractivity contribution is 7.92. The highest BCUT2D eigenvalue weighted by Crippen LogP contribution is 2.23. The van der Waals surface area contributed by atoms with Gasteiger partial charge in [0.05, 0.1) is 12.0 Å². The minimum absolute atomic E-state index is 0.0130. The number of hydrogen-bond acceptors (Lipinski definition) is 5. The summed E-state index contributed by atoms with van der Waals surface area (Å²) >= 11 is 0. The molecular weight excluding hydrogens is 442 g/mol. The van der Waals surface area contributed by atoms with Crippen molar-refractivity contribution in [3.8, 4) is 5.75 Å². The fraction of sp³-hybridized carbons (Fsp3) is 0.167. The topological polar surface area (TPSA) is 105 Å². The Hall–Kier alpha value is -3.85. The average molecular weight is 466 g/mol. The van der Waals surface area contributed by atoms with E-state index in [-0.39, 0.29) is 16.7 Å². The van der Waals surface area contributed by atoms with Gasteiger partial charge < -0.3 is 15.0 Å². The van der Waals surface area contributed by atoms with E-state index in [2.05, 4.69) is 10.0 Å². The maximum Gasteiger partial charge on any atom is 0.261 e. The predicted octanol–water partition coefficient (Wildman–Crippen LogP) is 3.88. The lowest BCUT2D eigenvalue weighted by Gasteiger charge is -2.16. The summed E-state index contributed by atoms with van der Waals surface area (Å²) in [6.07, 6.45) is 1.36. The van der Waals surface area contributed by atoms with Crippen LogP contribution in [0.15, 0.2) is 77.7 Å². The number of rotatable bonds is 7. The molecule has 0 spiro atoms. The summed E-state index contributed by atoms with van der Waals surface area (Å²) in [5, 5.41) is 2.72. The quantitative estimate of drug-likeness (QED) is 0.551. The largest absolute Gasteiger partial charge is 0.497 e. The predicted molar refractivity (Wildman–Crippen MR) is 126 cm³/mol. The van der Waals surface area contributed by atoms with Crippen molar-refractivity contribution in [1.82, 2.24) is 0 Å². The second-order valence-corrected chi connectivity index (χ2v) is 9.19. The van der Waals surface area contributed by atoms with Crippen molar-refractivity contribution in [2.24, 2.45) is 0 Å². The third kappa shape index (κ3) is 5.15. The Bertz CT molecular complexity index is 1270. The number of amides is 2. The van der Waals surface area contributed by atoms with Gasteiger partial charge in [-0.1, -0.05) is 6.07 Å². The Labute approximate surface area is 192 Å². The van der Waals surface area contributed by atoms with Gasteiger partial charge in [0.1, 0.15) is 5.75 Å². The van der Waals surface area contributed by atoms with Crippen molar-refractivity contribution in [2.75, 3.05) is 28.6 Å². The first-order chi connectivity index (χ1) is 15.9. The summed E-state index contributed by atoms with van der Waals surface area (Å²) in [7, 11) is -2.33. The van der Waals surface area contributed by atoms with E-state index >= 15 is 0 Å². The van der Waals surface area contributed by atoms with Crippen LogP contribution in [0.2, 0.25) is 0 Å².